The molecule has 18 heavy (non-hydrogen) atoms. The van der Waals surface area contributed by atoms with Gasteiger partial charge < -0.3 is 10.1 Å². The second-order valence-electron chi connectivity index (χ2n) is 4.60. The van der Waals surface area contributed by atoms with Crippen LogP contribution in [0.5, 0.6) is 5.75 Å². The molecule has 0 aromatic heterocycles. The van der Waals surface area contributed by atoms with Crippen LogP contribution in [0.3, 0.4) is 0 Å². The Hall–Kier alpha value is -1.96. The van der Waals surface area contributed by atoms with Gasteiger partial charge in [0, 0.05) is 11.7 Å². The van der Waals surface area contributed by atoms with E-state index in [-0.39, 0.29) is 0 Å². The Kier molecular flexibility index (Phi) is 4.24. The van der Waals surface area contributed by atoms with E-state index in [2.05, 4.69) is 31.3 Å². The molecule has 1 N–H and O–H groups in total. The molecule has 2 aromatic rings. The van der Waals surface area contributed by atoms with Crippen molar-refractivity contribution in [1.29, 1.82) is 0 Å². The minimum absolute atomic E-state index is 0.445. The van der Waals surface area contributed by atoms with E-state index in [1.165, 1.54) is 5.56 Å². The van der Waals surface area contributed by atoms with Gasteiger partial charge in [0.2, 0.25) is 0 Å². The summed E-state index contributed by atoms with van der Waals surface area (Å²) in [7, 11) is 0. The molecule has 0 atom stereocenters. The summed E-state index contributed by atoms with van der Waals surface area (Å²) < 4.78 is 5.72. The maximum Gasteiger partial charge on any atom is 0.119 e. The van der Waals surface area contributed by atoms with Crippen molar-refractivity contribution in [2.24, 2.45) is 0 Å². The first kappa shape index (κ1) is 12.5. The average molecular weight is 241 g/mol. The zero-order valence-corrected chi connectivity index (χ0v) is 10.9. The highest BCUT2D eigenvalue weighted by atomic mass is 16.5. The summed E-state index contributed by atoms with van der Waals surface area (Å²) >= 11 is 0. The first-order valence-electron chi connectivity index (χ1n) is 6.27. The maximum absolute atomic E-state index is 5.72. The largest absolute Gasteiger partial charge is 0.489 e. The number of ether oxygens (including phenoxy) is 1. The SMILES string of the molecule is CC(C)Nc1ccc(OCc2ccccc2)cc1. The number of rotatable bonds is 5. The highest BCUT2D eigenvalue weighted by Crippen LogP contribution is 2.17. The quantitative estimate of drug-likeness (QED) is 0.851. The van der Waals surface area contributed by atoms with E-state index in [0.29, 0.717) is 12.6 Å². The molecule has 0 radical (unpaired) electrons. The second-order valence-corrected chi connectivity index (χ2v) is 4.60. The zero-order chi connectivity index (χ0) is 12.8. The molecule has 0 heterocycles. The van der Waals surface area contributed by atoms with Crippen molar-refractivity contribution in [3.05, 3.63) is 60.2 Å². The minimum Gasteiger partial charge on any atom is -0.489 e. The van der Waals surface area contributed by atoms with E-state index in [4.69, 9.17) is 4.74 Å². The predicted molar refractivity (Wildman–Crippen MR) is 76.0 cm³/mol. The molecule has 2 heteroatoms. The van der Waals surface area contributed by atoms with Crippen LogP contribution in [0.4, 0.5) is 5.69 Å². The minimum atomic E-state index is 0.445. The molecule has 2 nitrogen and oxygen atoms in total. The van der Waals surface area contributed by atoms with Crippen molar-refractivity contribution < 1.29 is 4.74 Å². The molecule has 0 fully saturated rings. The van der Waals surface area contributed by atoms with Crippen LogP contribution < -0.4 is 10.1 Å². The Morgan fingerprint density at radius 1 is 0.944 bits per heavy atom. The highest BCUT2D eigenvalue weighted by Gasteiger charge is 1.97. The lowest BCUT2D eigenvalue weighted by Gasteiger charge is -2.11. The number of anilines is 1. The molecule has 0 spiro atoms. The van der Waals surface area contributed by atoms with Gasteiger partial charge in [-0.05, 0) is 43.7 Å². The topological polar surface area (TPSA) is 21.3 Å². The molecular weight excluding hydrogens is 222 g/mol. The van der Waals surface area contributed by atoms with Crippen LogP contribution in [0.1, 0.15) is 19.4 Å². The Labute approximate surface area is 109 Å². The number of nitrogens with one attached hydrogen (secondary N) is 1. The molecule has 2 aromatic carbocycles. The monoisotopic (exact) mass is 241 g/mol. The molecule has 0 aliphatic heterocycles. The summed E-state index contributed by atoms with van der Waals surface area (Å²) in [6, 6.07) is 18.7. The summed E-state index contributed by atoms with van der Waals surface area (Å²) in [6.45, 7) is 4.86. The van der Waals surface area contributed by atoms with Crippen molar-refractivity contribution in [2.45, 2.75) is 26.5 Å². The fourth-order valence-electron chi connectivity index (χ4n) is 1.72. The fourth-order valence-corrected chi connectivity index (χ4v) is 1.72. The van der Waals surface area contributed by atoms with E-state index < -0.39 is 0 Å². The maximum atomic E-state index is 5.72. The third-order valence-electron chi connectivity index (χ3n) is 2.56. The Morgan fingerprint density at radius 3 is 2.22 bits per heavy atom. The van der Waals surface area contributed by atoms with Crippen molar-refractivity contribution in [1.82, 2.24) is 0 Å². The molecular formula is C16H19NO. The summed E-state index contributed by atoms with van der Waals surface area (Å²) in [5, 5.41) is 3.35. The lowest BCUT2D eigenvalue weighted by atomic mass is 10.2. The van der Waals surface area contributed by atoms with Gasteiger partial charge in [-0.2, -0.15) is 0 Å². The van der Waals surface area contributed by atoms with E-state index in [0.717, 1.165) is 11.4 Å². The predicted octanol–water partition coefficient (Wildman–Crippen LogP) is 4.09. The molecule has 94 valence electrons. The number of hydrogen-bond donors (Lipinski definition) is 1. The van der Waals surface area contributed by atoms with Gasteiger partial charge in [-0.3, -0.25) is 0 Å². The molecule has 0 saturated heterocycles. The molecule has 2 rings (SSSR count). The van der Waals surface area contributed by atoms with E-state index in [9.17, 15) is 0 Å². The van der Waals surface area contributed by atoms with Gasteiger partial charge in [0.1, 0.15) is 12.4 Å². The third kappa shape index (κ3) is 3.81. The number of hydrogen-bond acceptors (Lipinski definition) is 2. The first-order valence-corrected chi connectivity index (χ1v) is 6.27. The van der Waals surface area contributed by atoms with Crippen LogP contribution in [0.25, 0.3) is 0 Å². The first-order chi connectivity index (χ1) is 8.74. The lowest BCUT2D eigenvalue weighted by Crippen LogP contribution is -2.09. The van der Waals surface area contributed by atoms with Gasteiger partial charge >= 0.3 is 0 Å². The molecule has 0 unspecified atom stereocenters. The van der Waals surface area contributed by atoms with E-state index in [1.807, 2.05) is 42.5 Å². The van der Waals surface area contributed by atoms with Crippen molar-refractivity contribution >= 4 is 5.69 Å². The van der Waals surface area contributed by atoms with Gasteiger partial charge in [0.15, 0.2) is 0 Å². The lowest BCUT2D eigenvalue weighted by molar-refractivity contribution is 0.306. The van der Waals surface area contributed by atoms with Crippen LogP contribution >= 0.6 is 0 Å². The van der Waals surface area contributed by atoms with Crippen LogP contribution in [0.2, 0.25) is 0 Å². The van der Waals surface area contributed by atoms with Crippen LogP contribution in [0.15, 0.2) is 54.6 Å². The normalized spacial score (nSPS) is 10.4. The zero-order valence-electron chi connectivity index (χ0n) is 10.9. The Bertz CT molecular complexity index is 462. The van der Waals surface area contributed by atoms with E-state index in [1.54, 1.807) is 0 Å². The molecule has 0 bridgehead atoms. The molecule has 0 aliphatic rings. The van der Waals surface area contributed by atoms with Crippen molar-refractivity contribution in [3.63, 3.8) is 0 Å². The third-order valence-corrected chi connectivity index (χ3v) is 2.56. The Morgan fingerprint density at radius 2 is 1.61 bits per heavy atom. The van der Waals surface area contributed by atoms with Crippen LogP contribution in [-0.4, -0.2) is 6.04 Å². The molecule has 0 amide bonds. The summed E-state index contributed by atoms with van der Waals surface area (Å²) in [5.41, 5.74) is 2.30. The highest BCUT2D eigenvalue weighted by molar-refractivity contribution is 5.46. The summed E-state index contributed by atoms with van der Waals surface area (Å²) in [6.07, 6.45) is 0. The molecule has 0 aliphatic carbocycles. The fraction of sp³-hybridized carbons (Fsp3) is 0.250. The molecule has 0 saturated carbocycles. The van der Waals surface area contributed by atoms with Gasteiger partial charge in [-0.15, -0.1) is 0 Å². The Balaban J connectivity index is 1.90. The average Bonchev–Trinajstić information content (AvgIpc) is 2.38. The van der Waals surface area contributed by atoms with E-state index >= 15 is 0 Å². The standard InChI is InChI=1S/C16H19NO/c1-13(2)17-15-8-10-16(11-9-15)18-12-14-6-4-3-5-7-14/h3-11,13,17H,12H2,1-2H3. The summed E-state index contributed by atoms with van der Waals surface area (Å²) in [4.78, 5) is 0. The van der Waals surface area contributed by atoms with Gasteiger partial charge in [-0.25, -0.2) is 0 Å². The van der Waals surface area contributed by atoms with Crippen molar-refractivity contribution in [2.75, 3.05) is 5.32 Å². The second kappa shape index (κ2) is 6.10. The van der Waals surface area contributed by atoms with Gasteiger partial charge in [0.25, 0.3) is 0 Å². The number of benzene rings is 2. The van der Waals surface area contributed by atoms with Crippen LogP contribution in [-0.2, 0) is 6.61 Å². The van der Waals surface area contributed by atoms with Crippen LogP contribution in [0, 0.1) is 0 Å². The van der Waals surface area contributed by atoms with Gasteiger partial charge in [0.05, 0.1) is 0 Å². The smallest absolute Gasteiger partial charge is 0.119 e. The summed E-state index contributed by atoms with van der Waals surface area (Å²) in [5.74, 6) is 0.896. The van der Waals surface area contributed by atoms with Gasteiger partial charge in [-0.1, -0.05) is 30.3 Å². The van der Waals surface area contributed by atoms with Crippen molar-refractivity contribution in [3.8, 4) is 5.75 Å².